The van der Waals surface area contributed by atoms with Gasteiger partial charge in [0.25, 0.3) is 0 Å². The molecular weight excluding hydrogens is 1050 g/mol. The van der Waals surface area contributed by atoms with Crippen LogP contribution in [0.1, 0.15) is 298 Å². The first kappa shape index (κ1) is 77.1. The van der Waals surface area contributed by atoms with Crippen molar-refractivity contribution in [2.45, 2.75) is 316 Å². The highest BCUT2D eigenvalue weighted by Crippen LogP contribution is 2.45. The standard InChI is InChI=1S/C60H116O17P2/c1-6-9-12-15-17-19-21-22-23-25-31-36-41-46-60(65)77-56(50-71-58(63)44-39-34-29-27-26-28-33-37-42-53(4)5)52-75-79(68,69)73-48-54(61)47-72-78(66,67)74-51-55(49-70-57(62)43-38-32-14-11-8-3)76-59(64)45-40-35-30-24-20-18-16-13-10-7-2/h53-56,61H,6-52H2,1-5H3,(H,66,67)(H,68,69)/t54-,55+,56+/m0/s1. The van der Waals surface area contributed by atoms with E-state index >= 15 is 0 Å². The van der Waals surface area contributed by atoms with Crippen LogP contribution in [0.15, 0.2) is 0 Å². The van der Waals surface area contributed by atoms with Crippen LogP contribution in [0.2, 0.25) is 0 Å². The van der Waals surface area contributed by atoms with Crippen LogP contribution in [-0.2, 0) is 65.4 Å². The highest BCUT2D eigenvalue weighted by atomic mass is 31.2. The number of hydrogen-bond donors (Lipinski definition) is 3. The second-order valence-corrected chi connectivity index (χ2v) is 25.1. The van der Waals surface area contributed by atoms with Crippen molar-refractivity contribution >= 4 is 39.5 Å². The fourth-order valence-corrected chi connectivity index (χ4v) is 10.5. The lowest BCUT2D eigenvalue weighted by Gasteiger charge is -2.21. The van der Waals surface area contributed by atoms with Crippen LogP contribution >= 0.6 is 15.6 Å². The summed E-state index contributed by atoms with van der Waals surface area (Å²) in [6.07, 6.45) is 36.5. The number of phosphoric ester groups is 2. The molecule has 0 aliphatic heterocycles. The largest absolute Gasteiger partial charge is 0.472 e. The topological polar surface area (TPSA) is 237 Å². The van der Waals surface area contributed by atoms with E-state index in [-0.39, 0.29) is 25.7 Å². The molecule has 0 bridgehead atoms. The first-order valence-corrected chi connectivity index (χ1v) is 34.6. The molecule has 0 aromatic heterocycles. The Hall–Kier alpha value is -1.94. The van der Waals surface area contributed by atoms with E-state index in [1.54, 1.807) is 0 Å². The molecule has 19 heteroatoms. The zero-order valence-corrected chi connectivity index (χ0v) is 52.3. The summed E-state index contributed by atoms with van der Waals surface area (Å²) in [5, 5.41) is 10.5. The predicted octanol–water partition coefficient (Wildman–Crippen LogP) is 16.2. The fourth-order valence-electron chi connectivity index (χ4n) is 8.88. The molecule has 0 aliphatic carbocycles. The van der Waals surface area contributed by atoms with E-state index < -0.39 is 97.5 Å². The van der Waals surface area contributed by atoms with E-state index in [9.17, 15) is 43.2 Å². The molecular formula is C60H116O17P2. The van der Waals surface area contributed by atoms with Gasteiger partial charge in [-0.15, -0.1) is 0 Å². The van der Waals surface area contributed by atoms with Crippen LogP contribution in [0.3, 0.4) is 0 Å². The number of esters is 4. The molecule has 5 atom stereocenters. The van der Waals surface area contributed by atoms with E-state index in [4.69, 9.17) is 37.0 Å². The Labute approximate surface area is 479 Å². The van der Waals surface area contributed by atoms with Crippen molar-refractivity contribution < 1.29 is 80.2 Å². The van der Waals surface area contributed by atoms with Crippen LogP contribution in [0.25, 0.3) is 0 Å². The predicted molar refractivity (Wildman–Crippen MR) is 312 cm³/mol. The van der Waals surface area contributed by atoms with E-state index in [0.717, 1.165) is 102 Å². The summed E-state index contributed by atoms with van der Waals surface area (Å²) >= 11 is 0. The zero-order valence-electron chi connectivity index (χ0n) is 50.5. The second-order valence-electron chi connectivity index (χ2n) is 22.2. The van der Waals surface area contributed by atoms with Crippen LogP contribution < -0.4 is 0 Å². The van der Waals surface area contributed by atoms with Gasteiger partial charge in [-0.25, -0.2) is 9.13 Å². The van der Waals surface area contributed by atoms with Gasteiger partial charge in [0.05, 0.1) is 26.4 Å². The summed E-state index contributed by atoms with van der Waals surface area (Å²) in [6, 6.07) is 0. The number of hydrogen-bond acceptors (Lipinski definition) is 15. The average molecular weight is 1170 g/mol. The van der Waals surface area contributed by atoms with Gasteiger partial charge in [-0.3, -0.25) is 37.3 Å². The molecule has 3 N–H and O–H groups in total. The number of aliphatic hydroxyl groups excluding tert-OH is 1. The van der Waals surface area contributed by atoms with E-state index in [0.29, 0.717) is 25.7 Å². The van der Waals surface area contributed by atoms with Crippen molar-refractivity contribution in [2.75, 3.05) is 39.6 Å². The third-order valence-corrected chi connectivity index (χ3v) is 15.7. The summed E-state index contributed by atoms with van der Waals surface area (Å²) in [6.45, 7) is 7.04. The number of aliphatic hydroxyl groups is 1. The minimum Gasteiger partial charge on any atom is -0.462 e. The molecule has 0 saturated heterocycles. The molecule has 0 aliphatic rings. The fraction of sp³-hybridized carbons (Fsp3) is 0.933. The van der Waals surface area contributed by atoms with Gasteiger partial charge in [0, 0.05) is 25.7 Å². The van der Waals surface area contributed by atoms with Gasteiger partial charge in [0.15, 0.2) is 12.2 Å². The maximum atomic E-state index is 12.9. The monoisotopic (exact) mass is 1170 g/mol. The number of carbonyl (C=O) groups excluding carboxylic acids is 4. The molecule has 0 amide bonds. The quantitative estimate of drug-likeness (QED) is 0.0222. The normalized spacial score (nSPS) is 14.3. The van der Waals surface area contributed by atoms with Gasteiger partial charge < -0.3 is 33.8 Å². The zero-order chi connectivity index (χ0) is 58.5. The van der Waals surface area contributed by atoms with Crippen LogP contribution in [0.5, 0.6) is 0 Å². The first-order valence-electron chi connectivity index (χ1n) is 31.6. The van der Waals surface area contributed by atoms with Crippen molar-refractivity contribution in [1.29, 1.82) is 0 Å². The van der Waals surface area contributed by atoms with Gasteiger partial charge >= 0.3 is 39.5 Å². The number of rotatable bonds is 60. The Bertz CT molecular complexity index is 1550. The second kappa shape index (κ2) is 54.0. The molecule has 0 radical (unpaired) electrons. The van der Waals surface area contributed by atoms with Crippen LogP contribution in [0.4, 0.5) is 0 Å². The minimum atomic E-state index is -4.94. The molecule has 0 saturated carbocycles. The molecule has 0 fully saturated rings. The molecule has 0 aromatic rings. The van der Waals surface area contributed by atoms with Gasteiger partial charge in [0.1, 0.15) is 19.3 Å². The van der Waals surface area contributed by atoms with Gasteiger partial charge in [0.2, 0.25) is 0 Å². The highest BCUT2D eigenvalue weighted by molar-refractivity contribution is 7.47. The number of unbranched alkanes of at least 4 members (excludes halogenated alkanes) is 32. The summed E-state index contributed by atoms with van der Waals surface area (Å²) in [5.41, 5.74) is 0. The van der Waals surface area contributed by atoms with Crippen LogP contribution in [0, 0.1) is 5.92 Å². The maximum Gasteiger partial charge on any atom is 0.472 e. The summed E-state index contributed by atoms with van der Waals surface area (Å²) in [7, 11) is -9.87. The van der Waals surface area contributed by atoms with Crippen LogP contribution in [-0.4, -0.2) is 96.7 Å². The lowest BCUT2D eigenvalue weighted by molar-refractivity contribution is -0.161. The maximum absolute atomic E-state index is 12.9. The van der Waals surface area contributed by atoms with E-state index in [1.165, 1.54) is 116 Å². The van der Waals surface area contributed by atoms with Crippen molar-refractivity contribution in [3.05, 3.63) is 0 Å². The molecule has 0 aromatic carbocycles. The molecule has 0 rings (SSSR count). The lowest BCUT2D eigenvalue weighted by Crippen LogP contribution is -2.30. The van der Waals surface area contributed by atoms with Gasteiger partial charge in [-0.2, -0.15) is 0 Å². The Kier molecular flexibility index (Phi) is 52.7. The van der Waals surface area contributed by atoms with E-state index in [1.807, 2.05) is 0 Å². The molecule has 468 valence electrons. The first-order chi connectivity index (χ1) is 38.0. The highest BCUT2D eigenvalue weighted by Gasteiger charge is 2.30. The summed E-state index contributed by atoms with van der Waals surface area (Å²) < 4.78 is 67.6. The third-order valence-electron chi connectivity index (χ3n) is 13.8. The Morgan fingerprint density at radius 1 is 0.342 bits per heavy atom. The molecule has 17 nitrogen and oxygen atoms in total. The number of phosphoric acid groups is 2. The molecule has 2 unspecified atom stereocenters. The SMILES string of the molecule is CCCCCCCCCCCCCCCC(=O)O[C@H](COC(=O)CCCCCCCCCCC(C)C)COP(=O)(O)OC[C@@H](O)COP(=O)(O)OC[C@@H](COC(=O)CCCCCCC)OC(=O)CCCCCCCCCCCC. The number of ether oxygens (including phenoxy) is 4. The minimum absolute atomic E-state index is 0.105. The smallest absolute Gasteiger partial charge is 0.462 e. The van der Waals surface area contributed by atoms with Gasteiger partial charge in [-0.1, -0.05) is 247 Å². The summed E-state index contributed by atoms with van der Waals surface area (Å²) in [4.78, 5) is 71.8. The van der Waals surface area contributed by atoms with Crippen molar-refractivity contribution in [2.24, 2.45) is 5.92 Å². The Morgan fingerprint density at radius 2 is 0.582 bits per heavy atom. The molecule has 79 heavy (non-hydrogen) atoms. The average Bonchev–Trinajstić information content (AvgIpc) is 3.41. The Balaban J connectivity index is 5.18. The van der Waals surface area contributed by atoms with Crippen molar-refractivity contribution in [3.63, 3.8) is 0 Å². The number of carbonyl (C=O) groups is 4. The van der Waals surface area contributed by atoms with Crippen molar-refractivity contribution in [3.8, 4) is 0 Å². The molecule has 0 spiro atoms. The van der Waals surface area contributed by atoms with Crippen molar-refractivity contribution in [1.82, 2.24) is 0 Å². The lowest BCUT2D eigenvalue weighted by atomic mass is 10.0. The third kappa shape index (κ3) is 55.0. The Morgan fingerprint density at radius 3 is 0.861 bits per heavy atom. The van der Waals surface area contributed by atoms with E-state index in [2.05, 4.69) is 34.6 Å². The summed E-state index contributed by atoms with van der Waals surface area (Å²) in [5.74, 6) is -1.42. The van der Waals surface area contributed by atoms with Gasteiger partial charge in [-0.05, 0) is 31.6 Å². The molecule has 0 heterocycles.